The number of esters is 2. The highest BCUT2D eigenvalue weighted by Crippen LogP contribution is 2.41. The van der Waals surface area contributed by atoms with E-state index in [0.717, 1.165) is 0 Å². The molecule has 1 saturated heterocycles. The fraction of sp³-hybridized carbons (Fsp3) is 0.800. The monoisotopic (exact) mass is 218 g/mol. The first-order chi connectivity index (χ1) is 6.98. The van der Waals surface area contributed by atoms with Gasteiger partial charge < -0.3 is 4.74 Å². The Bertz CT molecular complexity index is 291. The predicted molar refractivity (Wildman–Crippen MR) is 46.1 cm³/mol. The molecule has 1 aliphatic heterocycles. The van der Waals surface area contributed by atoms with Crippen LogP contribution in [0.1, 0.15) is 32.1 Å². The standard InChI is InChI=1S/C10H12F2O3/c11-10(12)3-1-6(2-4-10)7-5-8(13)15-9(7)14/h6-7H,1-5H2. The molecule has 84 valence electrons. The summed E-state index contributed by atoms with van der Waals surface area (Å²) in [7, 11) is 0. The van der Waals surface area contributed by atoms with Crippen LogP contribution in [0.2, 0.25) is 0 Å². The van der Waals surface area contributed by atoms with Gasteiger partial charge in [-0.3, -0.25) is 9.59 Å². The Morgan fingerprint density at radius 1 is 1.20 bits per heavy atom. The van der Waals surface area contributed by atoms with Crippen molar-refractivity contribution in [1.29, 1.82) is 0 Å². The maximum absolute atomic E-state index is 12.9. The first-order valence-corrected chi connectivity index (χ1v) is 5.10. The number of carbonyl (C=O) groups is 2. The number of rotatable bonds is 1. The first-order valence-electron chi connectivity index (χ1n) is 5.10. The summed E-state index contributed by atoms with van der Waals surface area (Å²) in [6.45, 7) is 0. The van der Waals surface area contributed by atoms with E-state index in [1.807, 2.05) is 0 Å². The van der Waals surface area contributed by atoms with E-state index in [1.54, 1.807) is 0 Å². The quantitative estimate of drug-likeness (QED) is 0.498. The molecule has 0 aromatic carbocycles. The number of hydrogen-bond donors (Lipinski definition) is 0. The third-order valence-corrected chi connectivity index (χ3v) is 3.23. The van der Waals surface area contributed by atoms with Gasteiger partial charge in [-0.15, -0.1) is 0 Å². The smallest absolute Gasteiger partial charge is 0.317 e. The van der Waals surface area contributed by atoms with Gasteiger partial charge in [0.05, 0.1) is 12.3 Å². The zero-order valence-corrected chi connectivity index (χ0v) is 8.17. The second-order valence-electron chi connectivity index (χ2n) is 4.30. The Kier molecular flexibility index (Phi) is 2.48. The minimum absolute atomic E-state index is 0.0646. The van der Waals surface area contributed by atoms with Gasteiger partial charge in [-0.2, -0.15) is 0 Å². The molecule has 0 aromatic heterocycles. The van der Waals surface area contributed by atoms with Crippen LogP contribution < -0.4 is 0 Å². The zero-order chi connectivity index (χ0) is 11.1. The molecule has 0 N–H and O–H groups in total. The lowest BCUT2D eigenvalue weighted by Gasteiger charge is -2.29. The van der Waals surface area contributed by atoms with Crippen molar-refractivity contribution in [2.45, 2.75) is 38.0 Å². The normalized spacial score (nSPS) is 31.7. The van der Waals surface area contributed by atoms with Crippen LogP contribution in [0.3, 0.4) is 0 Å². The number of alkyl halides is 2. The van der Waals surface area contributed by atoms with Crippen LogP contribution in [-0.2, 0) is 14.3 Å². The second-order valence-corrected chi connectivity index (χ2v) is 4.30. The van der Waals surface area contributed by atoms with Gasteiger partial charge in [0.15, 0.2) is 0 Å². The maximum Gasteiger partial charge on any atom is 0.317 e. The molecule has 0 radical (unpaired) electrons. The summed E-state index contributed by atoms with van der Waals surface area (Å²) >= 11 is 0. The van der Waals surface area contributed by atoms with Crippen LogP contribution in [0.4, 0.5) is 8.78 Å². The summed E-state index contributed by atoms with van der Waals surface area (Å²) in [6, 6.07) is 0. The summed E-state index contributed by atoms with van der Waals surface area (Å²) in [5, 5.41) is 0. The van der Waals surface area contributed by atoms with Crippen molar-refractivity contribution < 1.29 is 23.1 Å². The second kappa shape index (κ2) is 3.54. The van der Waals surface area contributed by atoms with Crippen molar-refractivity contribution in [3.63, 3.8) is 0 Å². The Hall–Kier alpha value is -1.00. The molecule has 2 fully saturated rings. The summed E-state index contributed by atoms with van der Waals surface area (Å²) < 4.78 is 30.1. The third-order valence-electron chi connectivity index (χ3n) is 3.23. The molecular weight excluding hydrogens is 206 g/mol. The molecule has 0 amide bonds. The maximum atomic E-state index is 12.9. The molecular formula is C10H12F2O3. The third kappa shape index (κ3) is 2.16. The van der Waals surface area contributed by atoms with Crippen molar-refractivity contribution in [3.05, 3.63) is 0 Å². The van der Waals surface area contributed by atoms with E-state index in [1.165, 1.54) is 0 Å². The molecule has 5 heteroatoms. The predicted octanol–water partition coefficient (Wildman–Crippen LogP) is 1.90. The molecule has 2 aliphatic rings. The molecule has 0 bridgehead atoms. The van der Waals surface area contributed by atoms with E-state index < -0.39 is 23.8 Å². The SMILES string of the molecule is O=C1CC(C2CCC(F)(F)CC2)C(=O)O1. The lowest BCUT2D eigenvalue weighted by molar-refractivity contribution is -0.154. The van der Waals surface area contributed by atoms with Gasteiger partial charge in [0.25, 0.3) is 0 Å². The average molecular weight is 218 g/mol. The molecule has 1 atom stereocenters. The Labute approximate surface area is 85.8 Å². The topological polar surface area (TPSA) is 43.4 Å². The Balaban J connectivity index is 1.96. The minimum Gasteiger partial charge on any atom is -0.393 e. The Morgan fingerprint density at radius 3 is 2.27 bits per heavy atom. The summed E-state index contributed by atoms with van der Waals surface area (Å²) in [4.78, 5) is 22.1. The lowest BCUT2D eigenvalue weighted by atomic mass is 9.78. The fourth-order valence-corrected chi connectivity index (χ4v) is 2.32. The summed E-state index contributed by atoms with van der Waals surface area (Å²) in [6.07, 6.45) is 0.306. The van der Waals surface area contributed by atoms with Crippen LogP contribution in [-0.4, -0.2) is 17.9 Å². The van der Waals surface area contributed by atoms with E-state index >= 15 is 0 Å². The molecule has 3 nitrogen and oxygen atoms in total. The first kappa shape index (κ1) is 10.5. The van der Waals surface area contributed by atoms with E-state index in [0.29, 0.717) is 12.8 Å². The summed E-state index contributed by atoms with van der Waals surface area (Å²) in [5.41, 5.74) is 0. The number of carbonyl (C=O) groups excluding carboxylic acids is 2. The number of halogens is 2. The molecule has 1 saturated carbocycles. The van der Waals surface area contributed by atoms with E-state index in [4.69, 9.17) is 0 Å². The molecule has 1 unspecified atom stereocenters. The highest BCUT2D eigenvalue weighted by molar-refractivity contribution is 5.94. The van der Waals surface area contributed by atoms with Crippen LogP contribution in [0, 0.1) is 11.8 Å². The number of hydrogen-bond acceptors (Lipinski definition) is 3. The molecule has 1 heterocycles. The molecule has 15 heavy (non-hydrogen) atoms. The van der Waals surface area contributed by atoms with Gasteiger partial charge >= 0.3 is 11.9 Å². The molecule has 2 rings (SSSR count). The van der Waals surface area contributed by atoms with Crippen molar-refractivity contribution in [2.24, 2.45) is 11.8 Å². The highest BCUT2D eigenvalue weighted by Gasteiger charge is 2.44. The van der Waals surface area contributed by atoms with E-state index in [9.17, 15) is 18.4 Å². The van der Waals surface area contributed by atoms with E-state index in [2.05, 4.69) is 4.74 Å². The zero-order valence-electron chi connectivity index (χ0n) is 8.17. The van der Waals surface area contributed by atoms with Crippen LogP contribution in [0.15, 0.2) is 0 Å². The highest BCUT2D eigenvalue weighted by atomic mass is 19.3. The van der Waals surface area contributed by atoms with Crippen molar-refractivity contribution >= 4 is 11.9 Å². The van der Waals surface area contributed by atoms with Crippen LogP contribution >= 0.6 is 0 Å². The molecule has 0 spiro atoms. The fourth-order valence-electron chi connectivity index (χ4n) is 2.32. The largest absolute Gasteiger partial charge is 0.393 e. The van der Waals surface area contributed by atoms with Gasteiger partial charge in [0, 0.05) is 12.8 Å². The van der Waals surface area contributed by atoms with Crippen LogP contribution in [0.5, 0.6) is 0 Å². The van der Waals surface area contributed by atoms with Gasteiger partial charge in [-0.1, -0.05) is 0 Å². The van der Waals surface area contributed by atoms with Gasteiger partial charge in [0.1, 0.15) is 0 Å². The molecule has 0 aromatic rings. The van der Waals surface area contributed by atoms with E-state index in [-0.39, 0.29) is 25.2 Å². The van der Waals surface area contributed by atoms with Gasteiger partial charge in [0.2, 0.25) is 5.92 Å². The van der Waals surface area contributed by atoms with Crippen molar-refractivity contribution in [2.75, 3.05) is 0 Å². The number of cyclic esters (lactones) is 2. The number of ether oxygens (including phenoxy) is 1. The van der Waals surface area contributed by atoms with Gasteiger partial charge in [-0.25, -0.2) is 8.78 Å². The average Bonchev–Trinajstić information content (AvgIpc) is 2.45. The van der Waals surface area contributed by atoms with Crippen molar-refractivity contribution in [3.8, 4) is 0 Å². The van der Waals surface area contributed by atoms with Crippen molar-refractivity contribution in [1.82, 2.24) is 0 Å². The summed E-state index contributed by atoms with van der Waals surface area (Å²) in [5.74, 6) is -4.24. The minimum atomic E-state index is -2.59. The lowest BCUT2D eigenvalue weighted by Crippen LogP contribution is -2.30. The molecule has 1 aliphatic carbocycles. The Morgan fingerprint density at radius 2 is 1.80 bits per heavy atom. The van der Waals surface area contributed by atoms with Crippen LogP contribution in [0.25, 0.3) is 0 Å². The van der Waals surface area contributed by atoms with Gasteiger partial charge in [-0.05, 0) is 18.8 Å².